The van der Waals surface area contributed by atoms with E-state index in [1.165, 1.54) is 18.9 Å². The maximum atomic E-state index is 12.2. The van der Waals surface area contributed by atoms with E-state index in [2.05, 4.69) is 0 Å². The highest BCUT2D eigenvalue weighted by Gasteiger charge is 2.24. The Bertz CT molecular complexity index is 484. The van der Waals surface area contributed by atoms with Gasteiger partial charge in [0.25, 0.3) is 0 Å². The number of carboxylic acid groups (broad SMARTS) is 1. The molecule has 0 aliphatic rings. The number of hydrogen-bond acceptors (Lipinski definition) is 3. The second-order valence-electron chi connectivity index (χ2n) is 5.10. The largest absolute Gasteiger partial charge is 0.497 e. The van der Waals surface area contributed by atoms with Gasteiger partial charge in [-0.15, -0.1) is 0 Å². The van der Waals surface area contributed by atoms with Crippen LogP contribution in [0.4, 0.5) is 0 Å². The minimum absolute atomic E-state index is 0.0758. The minimum Gasteiger partial charge on any atom is -0.497 e. The van der Waals surface area contributed by atoms with Gasteiger partial charge in [0.1, 0.15) is 11.8 Å². The Morgan fingerprint density at radius 3 is 2.29 bits per heavy atom. The number of carbonyl (C=O) groups excluding carboxylic acids is 1. The molecule has 116 valence electrons. The Morgan fingerprint density at radius 1 is 1.29 bits per heavy atom. The highest BCUT2D eigenvalue weighted by Crippen LogP contribution is 2.26. The van der Waals surface area contributed by atoms with Crippen LogP contribution in [0.15, 0.2) is 24.3 Å². The first-order valence-corrected chi connectivity index (χ1v) is 7.03. The fourth-order valence-corrected chi connectivity index (χ4v) is 2.11. The summed E-state index contributed by atoms with van der Waals surface area (Å²) < 4.78 is 5.12. The predicted octanol–water partition coefficient (Wildman–Crippen LogP) is 2.51. The van der Waals surface area contributed by atoms with E-state index in [0.29, 0.717) is 6.42 Å². The van der Waals surface area contributed by atoms with Gasteiger partial charge in [-0.05, 0) is 37.0 Å². The van der Waals surface area contributed by atoms with Crippen molar-refractivity contribution < 1.29 is 19.4 Å². The summed E-state index contributed by atoms with van der Waals surface area (Å²) in [5.41, 5.74) is 1.06. The average Bonchev–Trinajstić information content (AvgIpc) is 2.50. The normalized spacial score (nSPS) is 13.3. The molecule has 0 spiro atoms. The molecule has 1 N–H and O–H groups in total. The summed E-state index contributed by atoms with van der Waals surface area (Å²) in [4.78, 5) is 24.4. The lowest BCUT2D eigenvalue weighted by molar-refractivity contribution is -0.148. The zero-order chi connectivity index (χ0) is 16.0. The predicted molar refractivity (Wildman–Crippen MR) is 80.5 cm³/mol. The molecule has 0 saturated carbocycles. The van der Waals surface area contributed by atoms with Crippen LogP contribution in [0.5, 0.6) is 5.75 Å². The molecule has 1 aromatic carbocycles. The zero-order valence-electron chi connectivity index (χ0n) is 13.0. The number of carbonyl (C=O) groups is 2. The van der Waals surface area contributed by atoms with Crippen molar-refractivity contribution >= 4 is 11.9 Å². The number of hydrogen-bond donors (Lipinski definition) is 1. The van der Waals surface area contributed by atoms with Gasteiger partial charge in [0.2, 0.25) is 5.91 Å². The van der Waals surface area contributed by atoms with Crippen LogP contribution in [0.25, 0.3) is 0 Å². The van der Waals surface area contributed by atoms with E-state index in [4.69, 9.17) is 9.84 Å². The first-order chi connectivity index (χ1) is 9.90. The van der Waals surface area contributed by atoms with Crippen molar-refractivity contribution in [3.63, 3.8) is 0 Å². The summed E-state index contributed by atoms with van der Waals surface area (Å²) in [6.45, 7) is 3.53. The summed E-state index contributed by atoms with van der Waals surface area (Å²) in [7, 11) is 3.14. The number of carboxylic acids is 1. The lowest BCUT2D eigenvalue weighted by Gasteiger charge is -2.24. The molecule has 1 rings (SSSR count). The molecule has 1 amide bonds. The summed E-state index contributed by atoms with van der Waals surface area (Å²) in [6, 6.07) is 6.81. The molecule has 0 aliphatic carbocycles. The van der Waals surface area contributed by atoms with E-state index in [1.807, 2.05) is 31.2 Å². The number of nitrogens with zero attached hydrogens (tertiary/aromatic N) is 1. The topological polar surface area (TPSA) is 66.8 Å². The molecule has 2 atom stereocenters. The SMILES string of the molecule is CCC(CC(=O)N(C)C(C)C(=O)O)c1ccc(OC)cc1. The van der Waals surface area contributed by atoms with Gasteiger partial charge in [-0.2, -0.15) is 0 Å². The van der Waals surface area contributed by atoms with Gasteiger partial charge in [0, 0.05) is 13.5 Å². The molecule has 0 radical (unpaired) electrons. The number of likely N-dealkylation sites (N-methyl/N-ethyl adjacent to an activating group) is 1. The summed E-state index contributed by atoms with van der Waals surface area (Å²) in [5, 5.41) is 8.96. The number of amides is 1. The van der Waals surface area contributed by atoms with Crippen LogP contribution in [0.3, 0.4) is 0 Å². The van der Waals surface area contributed by atoms with Gasteiger partial charge >= 0.3 is 5.97 Å². The van der Waals surface area contributed by atoms with Crippen LogP contribution in [-0.2, 0) is 9.59 Å². The van der Waals surface area contributed by atoms with Crippen LogP contribution < -0.4 is 4.74 Å². The van der Waals surface area contributed by atoms with E-state index in [9.17, 15) is 9.59 Å². The third-order valence-corrected chi connectivity index (χ3v) is 3.83. The van der Waals surface area contributed by atoms with Gasteiger partial charge in [0.05, 0.1) is 7.11 Å². The van der Waals surface area contributed by atoms with E-state index in [0.717, 1.165) is 17.7 Å². The number of methoxy groups -OCH3 is 1. The quantitative estimate of drug-likeness (QED) is 0.839. The summed E-state index contributed by atoms with van der Waals surface area (Å²) >= 11 is 0. The molecule has 0 aliphatic heterocycles. The van der Waals surface area contributed by atoms with Gasteiger partial charge in [0.15, 0.2) is 0 Å². The van der Waals surface area contributed by atoms with Gasteiger partial charge < -0.3 is 14.7 Å². The molecular formula is C16H23NO4. The van der Waals surface area contributed by atoms with Crippen molar-refractivity contribution in [3.05, 3.63) is 29.8 Å². The standard InChI is InChI=1S/C16H23NO4/c1-5-12(13-6-8-14(21-4)9-7-13)10-15(18)17(3)11(2)16(19)20/h6-9,11-12H,5,10H2,1-4H3,(H,19,20). The molecule has 5 nitrogen and oxygen atoms in total. The van der Waals surface area contributed by atoms with Crippen molar-refractivity contribution in [2.24, 2.45) is 0 Å². The molecule has 0 fully saturated rings. The molecule has 1 aromatic rings. The lowest BCUT2D eigenvalue weighted by atomic mass is 9.92. The minimum atomic E-state index is -0.997. The summed E-state index contributed by atoms with van der Waals surface area (Å²) in [5.74, 6) is -0.306. The monoisotopic (exact) mass is 293 g/mol. The molecule has 2 unspecified atom stereocenters. The lowest BCUT2D eigenvalue weighted by Crippen LogP contribution is -2.40. The van der Waals surface area contributed by atoms with Crippen LogP contribution in [0, 0.1) is 0 Å². The fourth-order valence-electron chi connectivity index (χ4n) is 2.11. The Kier molecular flexibility index (Phi) is 6.21. The van der Waals surface area contributed by atoms with Crippen molar-refractivity contribution in [3.8, 4) is 5.75 Å². The second kappa shape index (κ2) is 7.67. The maximum Gasteiger partial charge on any atom is 0.326 e. The number of rotatable bonds is 7. The third kappa shape index (κ3) is 4.48. The van der Waals surface area contributed by atoms with Crippen LogP contribution >= 0.6 is 0 Å². The van der Waals surface area contributed by atoms with Crippen molar-refractivity contribution in [1.82, 2.24) is 4.90 Å². The van der Waals surface area contributed by atoms with E-state index in [-0.39, 0.29) is 11.8 Å². The van der Waals surface area contributed by atoms with Crippen LogP contribution in [0.2, 0.25) is 0 Å². The maximum absolute atomic E-state index is 12.2. The van der Waals surface area contributed by atoms with Gasteiger partial charge in [-0.3, -0.25) is 4.79 Å². The van der Waals surface area contributed by atoms with Gasteiger partial charge in [-0.25, -0.2) is 4.79 Å². The van der Waals surface area contributed by atoms with Crippen LogP contribution in [-0.4, -0.2) is 42.1 Å². The molecule has 0 heterocycles. The third-order valence-electron chi connectivity index (χ3n) is 3.83. The highest BCUT2D eigenvalue weighted by molar-refractivity contribution is 5.83. The highest BCUT2D eigenvalue weighted by atomic mass is 16.5. The smallest absolute Gasteiger partial charge is 0.326 e. The Labute approximate surface area is 125 Å². The van der Waals surface area contributed by atoms with E-state index < -0.39 is 12.0 Å². The molecular weight excluding hydrogens is 270 g/mol. The number of ether oxygens (including phenoxy) is 1. The Morgan fingerprint density at radius 2 is 1.86 bits per heavy atom. The Balaban J connectivity index is 2.76. The molecule has 0 bridgehead atoms. The van der Waals surface area contributed by atoms with Crippen LogP contribution in [0.1, 0.15) is 38.2 Å². The number of aliphatic carboxylic acids is 1. The van der Waals surface area contributed by atoms with Crippen molar-refractivity contribution in [2.45, 2.75) is 38.6 Å². The summed E-state index contributed by atoms with van der Waals surface area (Å²) in [6.07, 6.45) is 1.12. The van der Waals surface area contributed by atoms with E-state index >= 15 is 0 Å². The molecule has 21 heavy (non-hydrogen) atoms. The molecule has 0 saturated heterocycles. The first-order valence-electron chi connectivity index (χ1n) is 7.03. The fraction of sp³-hybridized carbons (Fsp3) is 0.500. The van der Waals surface area contributed by atoms with Crippen molar-refractivity contribution in [2.75, 3.05) is 14.2 Å². The zero-order valence-corrected chi connectivity index (χ0v) is 13.0. The van der Waals surface area contributed by atoms with Gasteiger partial charge in [-0.1, -0.05) is 19.1 Å². The van der Waals surface area contributed by atoms with Crippen molar-refractivity contribution in [1.29, 1.82) is 0 Å². The Hall–Kier alpha value is -2.04. The second-order valence-corrected chi connectivity index (χ2v) is 5.10. The molecule has 5 heteroatoms. The molecule has 0 aromatic heterocycles. The first kappa shape index (κ1) is 17.0. The number of benzene rings is 1. The average molecular weight is 293 g/mol. The van der Waals surface area contributed by atoms with E-state index in [1.54, 1.807) is 7.11 Å².